The van der Waals surface area contributed by atoms with E-state index < -0.39 is 10.0 Å². The van der Waals surface area contributed by atoms with E-state index in [9.17, 15) is 8.42 Å². The molecule has 0 aromatic carbocycles. The van der Waals surface area contributed by atoms with Gasteiger partial charge in [-0.25, -0.2) is 18.1 Å². The third-order valence-electron chi connectivity index (χ3n) is 3.11. The monoisotopic (exact) mass is 325 g/mol. The summed E-state index contributed by atoms with van der Waals surface area (Å²) in [6, 6.07) is 0. The van der Waals surface area contributed by atoms with E-state index in [1.165, 1.54) is 11.3 Å². The second-order valence-electron chi connectivity index (χ2n) is 4.65. The third kappa shape index (κ3) is 4.39. The van der Waals surface area contributed by atoms with Crippen molar-refractivity contribution >= 4 is 33.8 Å². The lowest BCUT2D eigenvalue weighted by molar-refractivity contribution is 0.519. The van der Waals surface area contributed by atoms with Gasteiger partial charge in [0.1, 0.15) is 0 Å². The molecule has 5 nitrogen and oxygen atoms in total. The van der Waals surface area contributed by atoms with Gasteiger partial charge in [-0.05, 0) is 45.7 Å². The molecule has 1 aliphatic rings. The van der Waals surface area contributed by atoms with Gasteiger partial charge in [0.2, 0.25) is 0 Å². The Balaban J connectivity index is 0.00000180. The predicted octanol–water partition coefficient (Wildman–Crippen LogP) is 1.46. The Morgan fingerprint density at radius 1 is 1.47 bits per heavy atom. The van der Waals surface area contributed by atoms with Gasteiger partial charge in [-0.15, -0.1) is 23.7 Å². The number of nitrogens with zero attached hydrogens (tertiary/aromatic N) is 1. The van der Waals surface area contributed by atoms with E-state index in [1.54, 1.807) is 6.92 Å². The van der Waals surface area contributed by atoms with Gasteiger partial charge >= 0.3 is 0 Å². The zero-order valence-electron chi connectivity index (χ0n) is 11.1. The van der Waals surface area contributed by atoms with E-state index in [0.29, 0.717) is 22.4 Å². The summed E-state index contributed by atoms with van der Waals surface area (Å²) in [7, 11) is -3.38. The Morgan fingerprint density at radius 2 is 2.21 bits per heavy atom. The maximum Gasteiger partial charge on any atom is 0.251 e. The zero-order chi connectivity index (χ0) is 13.2. The Morgan fingerprint density at radius 3 is 2.74 bits per heavy atom. The van der Waals surface area contributed by atoms with Crippen molar-refractivity contribution in [2.45, 2.75) is 30.9 Å². The Hall–Kier alpha value is -0.210. The molecular formula is C11H20ClN3O2S2. The molecule has 0 amide bonds. The van der Waals surface area contributed by atoms with E-state index in [1.807, 2.05) is 6.92 Å². The fourth-order valence-corrected chi connectivity index (χ4v) is 4.76. The van der Waals surface area contributed by atoms with Crippen molar-refractivity contribution in [2.24, 2.45) is 5.92 Å². The SMILES string of the molecule is Cc1nc(C)c(S(=O)(=O)NCCC2CCNC2)s1.Cl. The molecule has 1 saturated heterocycles. The summed E-state index contributed by atoms with van der Waals surface area (Å²) in [6.45, 7) is 6.11. The Kier molecular flexibility index (Phi) is 6.19. The molecule has 1 unspecified atom stereocenters. The van der Waals surface area contributed by atoms with Gasteiger partial charge in [0, 0.05) is 6.54 Å². The first-order chi connectivity index (χ1) is 8.49. The highest BCUT2D eigenvalue weighted by Gasteiger charge is 2.21. The number of sulfonamides is 1. The second-order valence-corrected chi connectivity index (χ2v) is 7.82. The summed E-state index contributed by atoms with van der Waals surface area (Å²) in [5, 5.41) is 4.06. The minimum absolute atomic E-state index is 0. The lowest BCUT2D eigenvalue weighted by atomic mass is 10.1. The average molecular weight is 326 g/mol. The molecule has 1 aromatic rings. The van der Waals surface area contributed by atoms with Crippen LogP contribution in [0.2, 0.25) is 0 Å². The fraction of sp³-hybridized carbons (Fsp3) is 0.727. The molecule has 0 bridgehead atoms. The van der Waals surface area contributed by atoms with Crippen molar-refractivity contribution in [3.63, 3.8) is 0 Å². The standard InChI is InChI=1S/C11H19N3O2S2.ClH/c1-8-11(17-9(2)14-8)18(15,16)13-6-4-10-3-5-12-7-10;/h10,12-13H,3-7H2,1-2H3;1H. The van der Waals surface area contributed by atoms with Crippen LogP contribution < -0.4 is 10.0 Å². The molecule has 0 aliphatic carbocycles. The zero-order valence-corrected chi connectivity index (χ0v) is 13.6. The van der Waals surface area contributed by atoms with Crippen LogP contribution >= 0.6 is 23.7 Å². The smallest absolute Gasteiger partial charge is 0.251 e. The van der Waals surface area contributed by atoms with Crippen LogP contribution in [0.3, 0.4) is 0 Å². The van der Waals surface area contributed by atoms with Crippen LogP contribution in [0.1, 0.15) is 23.5 Å². The van der Waals surface area contributed by atoms with Crippen LogP contribution in [0.25, 0.3) is 0 Å². The lowest BCUT2D eigenvalue weighted by Crippen LogP contribution is -2.26. The first-order valence-corrected chi connectivity index (χ1v) is 8.43. The molecule has 0 radical (unpaired) electrons. The fourth-order valence-electron chi connectivity index (χ4n) is 2.19. The van der Waals surface area contributed by atoms with Crippen molar-refractivity contribution in [1.29, 1.82) is 0 Å². The molecule has 0 saturated carbocycles. The lowest BCUT2D eigenvalue weighted by Gasteiger charge is -2.09. The van der Waals surface area contributed by atoms with E-state index in [0.717, 1.165) is 30.9 Å². The highest BCUT2D eigenvalue weighted by molar-refractivity contribution is 7.91. The maximum atomic E-state index is 12.1. The normalized spacial score (nSPS) is 19.4. The van der Waals surface area contributed by atoms with Crippen molar-refractivity contribution < 1.29 is 8.42 Å². The van der Waals surface area contributed by atoms with Crippen LogP contribution in [0.5, 0.6) is 0 Å². The van der Waals surface area contributed by atoms with Crippen molar-refractivity contribution in [3.05, 3.63) is 10.7 Å². The molecule has 1 atom stereocenters. The summed E-state index contributed by atoms with van der Waals surface area (Å²) in [6.07, 6.45) is 2.03. The molecule has 19 heavy (non-hydrogen) atoms. The molecule has 1 aliphatic heterocycles. The summed E-state index contributed by atoms with van der Waals surface area (Å²) in [5.41, 5.74) is 0.590. The summed E-state index contributed by atoms with van der Waals surface area (Å²) >= 11 is 1.23. The van der Waals surface area contributed by atoms with E-state index >= 15 is 0 Å². The van der Waals surface area contributed by atoms with Crippen molar-refractivity contribution in [1.82, 2.24) is 15.0 Å². The van der Waals surface area contributed by atoms with E-state index in [-0.39, 0.29) is 12.4 Å². The van der Waals surface area contributed by atoms with Crippen LogP contribution in [0.4, 0.5) is 0 Å². The minimum atomic E-state index is -3.38. The van der Waals surface area contributed by atoms with Gasteiger partial charge in [0.25, 0.3) is 10.0 Å². The number of aromatic nitrogens is 1. The molecule has 110 valence electrons. The maximum absolute atomic E-state index is 12.1. The predicted molar refractivity (Wildman–Crippen MR) is 79.6 cm³/mol. The summed E-state index contributed by atoms with van der Waals surface area (Å²) in [5.74, 6) is 0.594. The number of hydrogen-bond acceptors (Lipinski definition) is 5. The Bertz CT molecular complexity index is 510. The number of hydrogen-bond donors (Lipinski definition) is 2. The van der Waals surface area contributed by atoms with Crippen LogP contribution in [-0.2, 0) is 10.0 Å². The van der Waals surface area contributed by atoms with Crippen LogP contribution in [-0.4, -0.2) is 33.0 Å². The summed E-state index contributed by atoms with van der Waals surface area (Å²) in [4.78, 5) is 4.15. The van der Waals surface area contributed by atoms with Crippen LogP contribution in [0, 0.1) is 19.8 Å². The van der Waals surface area contributed by atoms with Gasteiger partial charge in [-0.2, -0.15) is 0 Å². The molecule has 1 fully saturated rings. The molecule has 2 N–H and O–H groups in total. The van der Waals surface area contributed by atoms with E-state index in [4.69, 9.17) is 0 Å². The van der Waals surface area contributed by atoms with Crippen LogP contribution in [0.15, 0.2) is 4.21 Å². The highest BCUT2D eigenvalue weighted by Crippen LogP contribution is 2.22. The number of nitrogens with one attached hydrogen (secondary N) is 2. The van der Waals surface area contributed by atoms with Gasteiger partial charge < -0.3 is 5.32 Å². The topological polar surface area (TPSA) is 71.1 Å². The first-order valence-electron chi connectivity index (χ1n) is 6.13. The second kappa shape index (κ2) is 6.99. The van der Waals surface area contributed by atoms with Gasteiger partial charge in [0.15, 0.2) is 4.21 Å². The number of rotatable bonds is 5. The molecule has 1 aromatic heterocycles. The van der Waals surface area contributed by atoms with E-state index in [2.05, 4.69) is 15.0 Å². The largest absolute Gasteiger partial charge is 0.316 e. The minimum Gasteiger partial charge on any atom is -0.316 e. The van der Waals surface area contributed by atoms with Gasteiger partial charge in [-0.1, -0.05) is 0 Å². The van der Waals surface area contributed by atoms with Crippen molar-refractivity contribution in [3.8, 4) is 0 Å². The van der Waals surface area contributed by atoms with Gasteiger partial charge in [0.05, 0.1) is 10.7 Å². The van der Waals surface area contributed by atoms with Crippen molar-refractivity contribution in [2.75, 3.05) is 19.6 Å². The van der Waals surface area contributed by atoms with Gasteiger partial charge in [-0.3, -0.25) is 0 Å². The number of aryl methyl sites for hydroxylation is 2. The molecule has 0 spiro atoms. The summed E-state index contributed by atoms with van der Waals surface area (Å²) < 4.78 is 27.2. The molecular weight excluding hydrogens is 306 g/mol. The Labute approximate surface area is 124 Å². The highest BCUT2D eigenvalue weighted by atomic mass is 35.5. The first kappa shape index (κ1) is 16.8. The third-order valence-corrected chi connectivity index (χ3v) is 6.26. The number of halogens is 1. The molecule has 8 heteroatoms. The average Bonchev–Trinajstić information content (AvgIpc) is 2.88. The molecule has 2 heterocycles. The number of thiazole rings is 1. The quantitative estimate of drug-likeness (QED) is 0.860. The molecule has 2 rings (SSSR count).